The van der Waals surface area contributed by atoms with Crippen LogP contribution in [0.15, 0.2) is 35.1 Å². The molecule has 1 aliphatic heterocycles. The predicted molar refractivity (Wildman–Crippen MR) is 90.3 cm³/mol. The van der Waals surface area contributed by atoms with Crippen LogP contribution in [-0.4, -0.2) is 23.6 Å². The molecule has 0 radical (unpaired) electrons. The lowest BCUT2D eigenvalue weighted by Crippen LogP contribution is -2.27. The summed E-state index contributed by atoms with van der Waals surface area (Å²) in [4.78, 5) is 16.6. The van der Waals surface area contributed by atoms with Gasteiger partial charge in [-0.2, -0.15) is 0 Å². The summed E-state index contributed by atoms with van der Waals surface area (Å²) in [7, 11) is 0. The Kier molecular flexibility index (Phi) is 4.70. The van der Waals surface area contributed by atoms with E-state index in [9.17, 15) is 4.79 Å². The minimum absolute atomic E-state index is 0.169. The highest BCUT2D eigenvalue weighted by atomic mass is 16.5. The van der Waals surface area contributed by atoms with Gasteiger partial charge in [0.2, 0.25) is 0 Å². The molecule has 132 valence electrons. The van der Waals surface area contributed by atoms with E-state index < -0.39 is 0 Å². The number of carbonyl (C=O) groups is 1. The van der Waals surface area contributed by atoms with E-state index in [1.54, 1.807) is 0 Å². The minimum Gasteiger partial charge on any atom is -0.490 e. The summed E-state index contributed by atoms with van der Waals surface area (Å²) < 4.78 is 17.0. The third-order valence-electron chi connectivity index (χ3n) is 4.79. The zero-order valence-electron chi connectivity index (χ0n) is 14.1. The number of rotatable bonds is 6. The SMILES string of the molecule is O=C(NCc1ccccc1OC1CCC1)c1ncoc1[C@H]1CCCO1. The molecular formula is C19H22N2O4. The number of ether oxygens (including phenoxy) is 2. The summed E-state index contributed by atoms with van der Waals surface area (Å²) in [6.07, 6.45) is 6.69. The summed E-state index contributed by atoms with van der Waals surface area (Å²) in [5.41, 5.74) is 1.27. The molecule has 2 heterocycles. The number of oxazole rings is 1. The summed E-state index contributed by atoms with van der Waals surface area (Å²) in [5, 5.41) is 2.92. The van der Waals surface area contributed by atoms with Crippen molar-refractivity contribution in [2.24, 2.45) is 0 Å². The highest BCUT2D eigenvalue weighted by Crippen LogP contribution is 2.31. The quantitative estimate of drug-likeness (QED) is 0.871. The van der Waals surface area contributed by atoms with Gasteiger partial charge in [0.1, 0.15) is 11.9 Å². The van der Waals surface area contributed by atoms with Crippen molar-refractivity contribution >= 4 is 5.91 Å². The minimum atomic E-state index is -0.252. The molecule has 0 unspecified atom stereocenters. The van der Waals surface area contributed by atoms with E-state index in [1.165, 1.54) is 12.8 Å². The second-order valence-corrected chi connectivity index (χ2v) is 6.53. The normalized spacial score (nSPS) is 20.2. The maximum atomic E-state index is 12.5. The van der Waals surface area contributed by atoms with Crippen LogP contribution in [0.4, 0.5) is 0 Å². The zero-order chi connectivity index (χ0) is 17.1. The first-order valence-electron chi connectivity index (χ1n) is 8.89. The van der Waals surface area contributed by atoms with Crippen LogP contribution in [-0.2, 0) is 11.3 Å². The van der Waals surface area contributed by atoms with Crippen LogP contribution in [0.1, 0.15) is 60.0 Å². The Morgan fingerprint density at radius 2 is 2.12 bits per heavy atom. The molecule has 25 heavy (non-hydrogen) atoms. The molecule has 1 aromatic heterocycles. The molecule has 0 bridgehead atoms. The van der Waals surface area contributed by atoms with Crippen LogP contribution in [0.25, 0.3) is 0 Å². The molecule has 1 saturated heterocycles. The van der Waals surface area contributed by atoms with Gasteiger partial charge in [-0.1, -0.05) is 18.2 Å². The van der Waals surface area contributed by atoms with Crippen molar-refractivity contribution in [3.05, 3.63) is 47.7 Å². The average Bonchev–Trinajstić information content (AvgIpc) is 3.27. The predicted octanol–water partition coefficient (Wildman–Crippen LogP) is 3.39. The Hall–Kier alpha value is -2.34. The van der Waals surface area contributed by atoms with Crippen molar-refractivity contribution in [1.82, 2.24) is 10.3 Å². The second-order valence-electron chi connectivity index (χ2n) is 6.53. The van der Waals surface area contributed by atoms with Gasteiger partial charge in [-0.25, -0.2) is 4.98 Å². The van der Waals surface area contributed by atoms with Crippen LogP contribution in [0, 0.1) is 0 Å². The van der Waals surface area contributed by atoms with Crippen molar-refractivity contribution in [3.8, 4) is 5.75 Å². The fraction of sp³-hybridized carbons (Fsp3) is 0.474. The van der Waals surface area contributed by atoms with Crippen LogP contribution < -0.4 is 10.1 Å². The van der Waals surface area contributed by atoms with Gasteiger partial charge in [-0.3, -0.25) is 4.79 Å². The maximum Gasteiger partial charge on any atom is 0.273 e. The molecular weight excluding hydrogens is 320 g/mol. The number of hydrogen-bond donors (Lipinski definition) is 1. The maximum absolute atomic E-state index is 12.5. The number of benzene rings is 1. The van der Waals surface area contributed by atoms with Crippen LogP contribution >= 0.6 is 0 Å². The Labute approximate surface area is 146 Å². The monoisotopic (exact) mass is 342 g/mol. The van der Waals surface area contributed by atoms with Crippen molar-refractivity contribution < 1.29 is 18.7 Å². The molecule has 2 aromatic rings. The Balaban J connectivity index is 1.41. The van der Waals surface area contributed by atoms with Crippen LogP contribution in [0.2, 0.25) is 0 Å². The molecule has 2 aliphatic rings. The first-order valence-corrected chi connectivity index (χ1v) is 8.89. The van der Waals surface area contributed by atoms with E-state index in [0.717, 1.165) is 37.0 Å². The molecule has 1 saturated carbocycles. The van der Waals surface area contributed by atoms with Gasteiger partial charge >= 0.3 is 0 Å². The lowest BCUT2D eigenvalue weighted by atomic mass is 9.96. The highest BCUT2D eigenvalue weighted by Gasteiger charge is 2.28. The first-order chi connectivity index (χ1) is 12.3. The van der Waals surface area contributed by atoms with Gasteiger partial charge in [-0.05, 0) is 38.2 Å². The number of aromatic nitrogens is 1. The second kappa shape index (κ2) is 7.27. The Morgan fingerprint density at radius 1 is 1.24 bits per heavy atom. The smallest absolute Gasteiger partial charge is 0.273 e. The van der Waals surface area contributed by atoms with Gasteiger partial charge in [0.15, 0.2) is 17.8 Å². The van der Waals surface area contributed by atoms with E-state index in [2.05, 4.69) is 10.3 Å². The van der Waals surface area contributed by atoms with Gasteiger partial charge in [0, 0.05) is 18.7 Å². The fourth-order valence-corrected chi connectivity index (χ4v) is 3.13. The largest absolute Gasteiger partial charge is 0.490 e. The fourth-order valence-electron chi connectivity index (χ4n) is 3.13. The van der Waals surface area contributed by atoms with E-state index in [-0.39, 0.29) is 12.0 Å². The molecule has 1 aliphatic carbocycles. The molecule has 2 fully saturated rings. The van der Waals surface area contributed by atoms with Crippen LogP contribution in [0.3, 0.4) is 0 Å². The van der Waals surface area contributed by atoms with Gasteiger partial charge in [0.05, 0.1) is 6.10 Å². The van der Waals surface area contributed by atoms with Gasteiger partial charge in [0.25, 0.3) is 5.91 Å². The molecule has 1 N–H and O–H groups in total. The van der Waals surface area contributed by atoms with Crippen LogP contribution in [0.5, 0.6) is 5.75 Å². The standard InChI is InChI=1S/C19H22N2O4/c22-19(17-18(24-12-21-17)16-9-4-10-23-16)20-11-13-5-1-2-8-15(13)25-14-6-3-7-14/h1-2,5,8,12,14,16H,3-4,6-7,9-11H2,(H,20,22)/t16-/m1/s1. The lowest BCUT2D eigenvalue weighted by Gasteiger charge is -2.27. The average molecular weight is 342 g/mol. The van der Waals surface area contributed by atoms with Crippen molar-refractivity contribution in [2.75, 3.05) is 6.61 Å². The molecule has 1 aromatic carbocycles. The highest BCUT2D eigenvalue weighted by molar-refractivity contribution is 5.93. The van der Waals surface area contributed by atoms with Gasteiger partial charge in [-0.15, -0.1) is 0 Å². The Bertz CT molecular complexity index is 733. The molecule has 0 spiro atoms. The number of carbonyl (C=O) groups excluding carboxylic acids is 1. The summed E-state index contributed by atoms with van der Waals surface area (Å²) in [6.45, 7) is 1.08. The third-order valence-corrected chi connectivity index (χ3v) is 4.79. The summed E-state index contributed by atoms with van der Waals surface area (Å²) >= 11 is 0. The summed E-state index contributed by atoms with van der Waals surface area (Å²) in [5.74, 6) is 1.11. The van der Waals surface area contributed by atoms with E-state index in [4.69, 9.17) is 13.9 Å². The number of hydrogen-bond acceptors (Lipinski definition) is 5. The summed E-state index contributed by atoms with van der Waals surface area (Å²) in [6, 6.07) is 7.82. The number of amides is 1. The molecule has 6 nitrogen and oxygen atoms in total. The van der Waals surface area contributed by atoms with Crippen molar-refractivity contribution in [2.45, 2.75) is 50.9 Å². The van der Waals surface area contributed by atoms with Crippen molar-refractivity contribution in [3.63, 3.8) is 0 Å². The Morgan fingerprint density at radius 3 is 2.88 bits per heavy atom. The van der Waals surface area contributed by atoms with E-state index in [1.807, 2.05) is 24.3 Å². The van der Waals surface area contributed by atoms with Crippen molar-refractivity contribution in [1.29, 1.82) is 0 Å². The lowest BCUT2D eigenvalue weighted by molar-refractivity contribution is 0.0859. The molecule has 1 amide bonds. The van der Waals surface area contributed by atoms with Gasteiger partial charge < -0.3 is 19.2 Å². The third kappa shape index (κ3) is 3.54. The topological polar surface area (TPSA) is 73.6 Å². The first kappa shape index (κ1) is 16.1. The molecule has 1 atom stereocenters. The molecule has 6 heteroatoms. The number of para-hydroxylation sites is 1. The molecule has 4 rings (SSSR count). The number of nitrogens with zero attached hydrogens (tertiary/aromatic N) is 1. The van der Waals surface area contributed by atoms with E-state index >= 15 is 0 Å². The zero-order valence-corrected chi connectivity index (χ0v) is 14.1. The van der Waals surface area contributed by atoms with E-state index in [0.29, 0.717) is 30.7 Å². The number of nitrogens with one attached hydrogen (secondary N) is 1.